The molecule has 19 rings (SSSR count). The van der Waals surface area contributed by atoms with Crippen LogP contribution in [0.25, 0.3) is 182 Å². The number of nitrogens with one attached hydrogen (secondary N) is 4. The highest BCUT2D eigenvalue weighted by Gasteiger charge is 2.23. The number of fused-ring (bicyclic) bond motifs is 16. The van der Waals surface area contributed by atoms with Crippen molar-refractivity contribution in [2.24, 2.45) is 9.98 Å². The zero-order valence-electron chi connectivity index (χ0n) is 57.3. The second-order valence-corrected chi connectivity index (χ2v) is 26.5. The Morgan fingerprint density at radius 2 is 0.349 bits per heavy atom. The maximum atomic E-state index is 5.52. The van der Waals surface area contributed by atoms with E-state index in [0.717, 1.165) is 201 Å². The lowest BCUT2D eigenvalue weighted by Gasteiger charge is -2.07. The summed E-state index contributed by atoms with van der Waals surface area (Å²) in [4.78, 5) is 47.4. The molecule has 0 amide bonds. The van der Waals surface area contributed by atoms with Gasteiger partial charge in [0.15, 0.2) is 0 Å². The van der Waals surface area contributed by atoms with Crippen molar-refractivity contribution in [3.05, 3.63) is 360 Å². The number of hydrogen-bond acceptors (Lipinski definition) is 6. The maximum Gasteiger partial charge on any atom is 0.0737 e. The highest BCUT2D eigenvalue weighted by molar-refractivity contribution is 6.03. The number of aliphatic imine (C=N–C) groups is 2. The number of benzene rings is 9. The monoisotopic (exact) mass is 1360 g/mol. The summed E-state index contributed by atoms with van der Waals surface area (Å²) in [5.74, 6) is 0. The highest BCUT2D eigenvalue weighted by Crippen LogP contribution is 2.42. The molecule has 0 aliphatic carbocycles. The lowest BCUT2D eigenvalue weighted by molar-refractivity contribution is 1.31. The first-order chi connectivity index (χ1) is 52.5. The number of rotatable bonds is 12. The van der Waals surface area contributed by atoms with Gasteiger partial charge in [0.05, 0.1) is 56.9 Å². The topological polar surface area (TPSA) is 139 Å². The molecule has 0 unspecified atom stereocenters. The van der Waals surface area contributed by atoms with Crippen LogP contribution in [-0.4, -0.2) is 52.3 Å². The Hall–Kier alpha value is -14.5. The molecule has 10 heterocycles. The van der Waals surface area contributed by atoms with E-state index in [2.05, 4.69) is 372 Å². The summed E-state index contributed by atoms with van der Waals surface area (Å²) in [6.07, 6.45) is 20.9. The Balaban J connectivity index is 0.645. The van der Waals surface area contributed by atoms with Crippen LogP contribution in [0.4, 0.5) is 11.4 Å². The molecule has 498 valence electrons. The molecule has 0 saturated carbocycles. The van der Waals surface area contributed by atoms with Gasteiger partial charge in [0.25, 0.3) is 0 Å². The fraction of sp³-hybridized carbons (Fsp3) is 0. The molecule has 4 N–H and O–H groups in total. The van der Waals surface area contributed by atoms with Crippen molar-refractivity contribution in [3.8, 4) is 89.0 Å². The lowest BCUT2D eigenvalue weighted by Crippen LogP contribution is -1.89. The number of aromatic amines is 4. The third-order valence-electron chi connectivity index (χ3n) is 19.9. The van der Waals surface area contributed by atoms with Crippen molar-refractivity contribution in [2.75, 3.05) is 0 Å². The molecule has 15 aromatic rings. The Labute approximate surface area is 611 Å². The molecule has 10 nitrogen and oxygen atoms in total. The van der Waals surface area contributed by atoms with E-state index in [1.165, 1.54) is 0 Å². The van der Waals surface area contributed by atoms with Gasteiger partial charge >= 0.3 is 0 Å². The van der Waals surface area contributed by atoms with E-state index in [1.54, 1.807) is 0 Å². The summed E-state index contributed by atoms with van der Waals surface area (Å²) in [5, 5.41) is 0. The van der Waals surface area contributed by atoms with E-state index in [9.17, 15) is 0 Å². The molecule has 16 bridgehead atoms. The van der Waals surface area contributed by atoms with Crippen molar-refractivity contribution >= 4 is 117 Å². The molecule has 6 aromatic heterocycles. The van der Waals surface area contributed by atoms with Crippen molar-refractivity contribution in [1.82, 2.24) is 39.9 Å². The summed E-state index contributed by atoms with van der Waals surface area (Å²) in [7, 11) is 0. The Morgan fingerprint density at radius 3 is 0.528 bits per heavy atom. The minimum Gasteiger partial charge on any atom is -0.354 e. The average Bonchev–Trinajstić information content (AvgIpc) is 1.62. The first-order valence-corrected chi connectivity index (χ1v) is 35.5. The predicted molar refractivity (Wildman–Crippen MR) is 442 cm³/mol. The van der Waals surface area contributed by atoms with Gasteiger partial charge in [0, 0.05) is 101 Å². The molecule has 0 atom stereocenters. The van der Waals surface area contributed by atoms with E-state index in [0.29, 0.717) is 0 Å². The smallest absolute Gasteiger partial charge is 0.0737 e. The molecule has 0 saturated heterocycles. The first-order valence-electron chi connectivity index (χ1n) is 35.5. The van der Waals surface area contributed by atoms with Crippen LogP contribution in [0.15, 0.2) is 313 Å². The van der Waals surface area contributed by atoms with Crippen LogP contribution >= 0.6 is 0 Å². The second kappa shape index (κ2) is 27.1. The van der Waals surface area contributed by atoms with Crippen LogP contribution in [0.5, 0.6) is 0 Å². The quantitative estimate of drug-likeness (QED) is 0.0905. The number of hydrogen-bond donors (Lipinski definition) is 4. The molecule has 10 heteroatoms. The summed E-state index contributed by atoms with van der Waals surface area (Å²) in [6.45, 7) is 0. The fourth-order valence-corrected chi connectivity index (χ4v) is 14.9. The zero-order chi connectivity index (χ0) is 70.3. The van der Waals surface area contributed by atoms with Gasteiger partial charge in [0.2, 0.25) is 0 Å². The SMILES string of the molecule is C1=Cc2nc1c(-c1ccccc1)c1ccc([nH]1)c(-c1ccccc1)c1nc(c(-c3ccc(N=Cc4ccc(C=Nc5ccc(-c6c7nc(c(-c8ccccc8)c8ccc([nH]8)c(-c8ccccc8)c8nc(c(-c9ccccc9)c9ccc6[nH]9)C=C8)C=C7)cc5)cc4)cc3)c3ccc([nH]3)c2-c2ccccc2)C=C1. The van der Waals surface area contributed by atoms with Gasteiger partial charge in [-0.25, -0.2) is 19.9 Å². The number of nitrogens with zero attached hydrogens (tertiary/aromatic N) is 6. The highest BCUT2D eigenvalue weighted by atomic mass is 14.8. The molecule has 0 spiro atoms. The third-order valence-corrected chi connectivity index (χ3v) is 19.9. The fourth-order valence-electron chi connectivity index (χ4n) is 14.9. The summed E-state index contributed by atoms with van der Waals surface area (Å²) in [5.41, 5.74) is 34.3. The normalized spacial score (nSPS) is 12.3. The molecule has 9 aromatic carbocycles. The second-order valence-electron chi connectivity index (χ2n) is 26.5. The summed E-state index contributed by atoms with van der Waals surface area (Å²) < 4.78 is 0. The van der Waals surface area contributed by atoms with E-state index < -0.39 is 0 Å². The van der Waals surface area contributed by atoms with Crippen molar-refractivity contribution in [3.63, 3.8) is 0 Å². The minimum absolute atomic E-state index is 0.819. The predicted octanol–water partition coefficient (Wildman–Crippen LogP) is 24.5. The third kappa shape index (κ3) is 12.0. The zero-order valence-corrected chi connectivity index (χ0v) is 57.3. The van der Waals surface area contributed by atoms with Crippen LogP contribution < -0.4 is 0 Å². The van der Waals surface area contributed by atoms with Gasteiger partial charge in [0.1, 0.15) is 0 Å². The molecule has 0 fully saturated rings. The van der Waals surface area contributed by atoms with Crippen molar-refractivity contribution in [1.29, 1.82) is 0 Å². The molecular weight excluding hydrogens is 1290 g/mol. The molecule has 106 heavy (non-hydrogen) atoms. The maximum absolute atomic E-state index is 5.52. The molecule has 4 aliphatic rings. The van der Waals surface area contributed by atoms with Crippen LogP contribution in [0.1, 0.15) is 56.7 Å². The first kappa shape index (κ1) is 62.5. The van der Waals surface area contributed by atoms with E-state index >= 15 is 0 Å². The van der Waals surface area contributed by atoms with Gasteiger partial charge in [-0.1, -0.05) is 231 Å². The molecular formula is C96H64N10. The molecule has 0 radical (unpaired) electrons. The van der Waals surface area contributed by atoms with Gasteiger partial charge in [-0.3, -0.25) is 9.98 Å². The Bertz CT molecular complexity index is 6010. The van der Waals surface area contributed by atoms with Gasteiger partial charge < -0.3 is 19.9 Å². The van der Waals surface area contributed by atoms with Crippen LogP contribution in [-0.2, 0) is 0 Å². The van der Waals surface area contributed by atoms with Crippen LogP contribution in [0.2, 0.25) is 0 Å². The number of H-pyrrole nitrogens is 4. The summed E-state index contributed by atoms with van der Waals surface area (Å²) >= 11 is 0. The Morgan fingerprint density at radius 1 is 0.179 bits per heavy atom. The van der Waals surface area contributed by atoms with Gasteiger partial charge in [-0.15, -0.1) is 0 Å². The van der Waals surface area contributed by atoms with Gasteiger partial charge in [-0.05, 0) is 177 Å². The average molecular weight is 1360 g/mol. The van der Waals surface area contributed by atoms with Crippen LogP contribution in [0, 0.1) is 0 Å². The van der Waals surface area contributed by atoms with E-state index in [1.807, 2.05) is 12.4 Å². The largest absolute Gasteiger partial charge is 0.354 e. The van der Waals surface area contributed by atoms with Gasteiger partial charge in [-0.2, -0.15) is 0 Å². The minimum atomic E-state index is 0.819. The van der Waals surface area contributed by atoms with E-state index in [4.69, 9.17) is 29.9 Å². The van der Waals surface area contributed by atoms with Crippen molar-refractivity contribution in [2.45, 2.75) is 0 Å². The standard InChI is InChI=1S/C96H64N10/c1-7-19-63(20-8-1)89-73-43-47-77(99-73)91(65-23-11-3-12-24-65)81-51-55-85(103-81)95(86-56-52-82(104-86)92(66-25-13-4-14-26-66)78-48-44-74(89)100-78)69-35-39-71(40-36-69)97-59-61-31-33-62(34-32-61)60-98-72-41-37-70(38-42-72)96-87-57-53-83(105-87)93(67-27-15-5-16-28-67)79-49-45-75(101-79)90(64-21-9-2-10-22-64)76-46-50-80(102-76)94(68-29-17-6-18-30-68)84-54-58-88(96)106-84/h1-60,99,101,104,106H. The molecule has 4 aliphatic heterocycles. The lowest BCUT2D eigenvalue weighted by atomic mass is 10.0. The van der Waals surface area contributed by atoms with E-state index in [-0.39, 0.29) is 0 Å². The summed E-state index contributed by atoms with van der Waals surface area (Å²) in [6, 6.07) is 105. The van der Waals surface area contributed by atoms with Crippen molar-refractivity contribution < 1.29 is 0 Å². The van der Waals surface area contributed by atoms with Crippen LogP contribution in [0.3, 0.4) is 0 Å². The Kier molecular flexibility index (Phi) is 16.0. The number of aromatic nitrogens is 8.